The molecule has 0 saturated carbocycles. The molecule has 1 amide bonds. The normalized spacial score (nSPS) is 18.2. The molecule has 0 atom stereocenters. The van der Waals surface area contributed by atoms with Crippen molar-refractivity contribution in [3.8, 4) is 0 Å². The molecular weight excluding hydrogens is 355 g/mol. The Kier molecular flexibility index (Phi) is 6.22. The van der Waals surface area contributed by atoms with Gasteiger partial charge in [0.2, 0.25) is 0 Å². The molecule has 2 rings (SSSR count). The minimum Gasteiger partial charge on any atom is -0.370 e. The van der Waals surface area contributed by atoms with Crippen LogP contribution < -0.4 is 10.2 Å². The Balaban J connectivity index is 2.53. The van der Waals surface area contributed by atoms with Gasteiger partial charge in [-0.2, -0.15) is 13.2 Å². The molecule has 0 spiro atoms. The van der Waals surface area contributed by atoms with Crippen LogP contribution in [0.5, 0.6) is 0 Å². The Morgan fingerprint density at radius 3 is 2.56 bits per heavy atom. The van der Waals surface area contributed by atoms with Crippen LogP contribution in [-0.4, -0.2) is 24.0 Å². The number of nitrogens with zero attached hydrogens (tertiary/aromatic N) is 2. The maximum atomic E-state index is 13.3. The molecule has 1 aliphatic rings. The zero-order valence-corrected chi connectivity index (χ0v) is 16.6. The zero-order chi connectivity index (χ0) is 20.4. The Morgan fingerprint density at radius 1 is 1.30 bits per heavy atom. The van der Waals surface area contributed by atoms with Gasteiger partial charge in [-0.25, -0.2) is 4.98 Å². The summed E-state index contributed by atoms with van der Waals surface area (Å²) in [6.45, 7) is 10.5. The Morgan fingerprint density at radius 2 is 1.96 bits per heavy atom. The molecule has 1 aliphatic heterocycles. The van der Waals surface area contributed by atoms with E-state index in [4.69, 9.17) is 0 Å². The van der Waals surface area contributed by atoms with Crippen molar-refractivity contribution in [2.45, 2.75) is 60.1 Å². The first-order chi connectivity index (χ1) is 12.5. The largest absolute Gasteiger partial charge is 0.433 e. The first-order valence-corrected chi connectivity index (χ1v) is 9.22. The predicted octanol–water partition coefficient (Wildman–Crippen LogP) is 5.08. The monoisotopic (exact) mass is 383 g/mol. The highest BCUT2D eigenvalue weighted by atomic mass is 19.4. The van der Waals surface area contributed by atoms with E-state index in [-0.39, 0.29) is 16.5 Å². The fraction of sp³-hybridized carbons (Fsp3) is 0.600. The molecule has 1 aromatic rings. The molecule has 150 valence electrons. The fourth-order valence-electron chi connectivity index (χ4n) is 3.39. The van der Waals surface area contributed by atoms with Crippen LogP contribution in [-0.2, 0) is 6.18 Å². The van der Waals surface area contributed by atoms with Crippen molar-refractivity contribution in [3.05, 3.63) is 34.8 Å². The molecule has 0 bridgehead atoms. The van der Waals surface area contributed by atoms with E-state index in [1.807, 2.05) is 4.90 Å². The van der Waals surface area contributed by atoms with Crippen molar-refractivity contribution in [3.63, 3.8) is 0 Å². The number of aromatic nitrogens is 1. The molecule has 0 aliphatic carbocycles. The summed E-state index contributed by atoms with van der Waals surface area (Å²) in [5, 5.41) is 2.68. The van der Waals surface area contributed by atoms with E-state index < -0.39 is 17.8 Å². The van der Waals surface area contributed by atoms with Crippen molar-refractivity contribution in [1.29, 1.82) is 0 Å². The molecule has 0 unspecified atom stereocenters. The SMILES string of the molecule is C/C=C(\C)NC(=O)c1c(N2CCCC(C)(C)CC2)cnc(C(F)(F)F)c1C. The van der Waals surface area contributed by atoms with Gasteiger partial charge in [-0.3, -0.25) is 4.79 Å². The third kappa shape index (κ3) is 5.02. The summed E-state index contributed by atoms with van der Waals surface area (Å²) in [6, 6.07) is 0. The quantitative estimate of drug-likeness (QED) is 0.792. The van der Waals surface area contributed by atoms with Gasteiger partial charge in [0.05, 0.1) is 17.4 Å². The highest BCUT2D eigenvalue weighted by Crippen LogP contribution is 2.37. The van der Waals surface area contributed by atoms with E-state index in [2.05, 4.69) is 24.1 Å². The highest BCUT2D eigenvalue weighted by molar-refractivity contribution is 6.02. The molecule has 4 nitrogen and oxygen atoms in total. The molecule has 27 heavy (non-hydrogen) atoms. The van der Waals surface area contributed by atoms with Gasteiger partial charge in [0.25, 0.3) is 5.91 Å². The van der Waals surface area contributed by atoms with E-state index in [0.717, 1.165) is 19.3 Å². The summed E-state index contributed by atoms with van der Waals surface area (Å²) >= 11 is 0. The van der Waals surface area contributed by atoms with Crippen molar-refractivity contribution in [2.75, 3.05) is 18.0 Å². The molecule has 1 saturated heterocycles. The van der Waals surface area contributed by atoms with Crippen LogP contribution in [0, 0.1) is 12.3 Å². The van der Waals surface area contributed by atoms with Crippen LogP contribution in [0.15, 0.2) is 18.0 Å². The van der Waals surface area contributed by atoms with Gasteiger partial charge in [-0.1, -0.05) is 19.9 Å². The van der Waals surface area contributed by atoms with Gasteiger partial charge < -0.3 is 10.2 Å². The number of rotatable bonds is 3. The van der Waals surface area contributed by atoms with E-state index in [1.165, 1.54) is 13.1 Å². The van der Waals surface area contributed by atoms with Gasteiger partial charge in [-0.05, 0) is 51.0 Å². The molecular formula is C20H28F3N3O. The molecule has 7 heteroatoms. The van der Waals surface area contributed by atoms with Gasteiger partial charge in [0, 0.05) is 18.8 Å². The third-order valence-electron chi connectivity index (χ3n) is 5.22. The second kappa shape index (κ2) is 7.90. The van der Waals surface area contributed by atoms with Gasteiger partial charge in [-0.15, -0.1) is 0 Å². The smallest absolute Gasteiger partial charge is 0.370 e. The van der Waals surface area contributed by atoms with E-state index >= 15 is 0 Å². The number of hydrogen-bond donors (Lipinski definition) is 1. The number of anilines is 1. The first-order valence-electron chi connectivity index (χ1n) is 9.22. The fourth-order valence-corrected chi connectivity index (χ4v) is 3.39. The third-order valence-corrected chi connectivity index (χ3v) is 5.22. The summed E-state index contributed by atoms with van der Waals surface area (Å²) in [5.41, 5.74) is 0.146. The van der Waals surface area contributed by atoms with Crippen molar-refractivity contribution < 1.29 is 18.0 Å². The van der Waals surface area contributed by atoms with E-state index in [1.54, 1.807) is 19.9 Å². The number of amides is 1. The van der Waals surface area contributed by atoms with Gasteiger partial charge in [0.1, 0.15) is 5.69 Å². The number of pyridine rings is 1. The maximum absolute atomic E-state index is 13.3. The molecule has 0 aromatic carbocycles. The molecule has 0 radical (unpaired) electrons. The lowest BCUT2D eigenvalue weighted by Gasteiger charge is -2.28. The average Bonchev–Trinajstić information content (AvgIpc) is 2.73. The second-order valence-corrected chi connectivity index (χ2v) is 7.92. The molecule has 2 heterocycles. The van der Waals surface area contributed by atoms with Crippen LogP contribution in [0.4, 0.5) is 18.9 Å². The summed E-state index contributed by atoms with van der Waals surface area (Å²) in [5.74, 6) is -0.533. The zero-order valence-electron chi connectivity index (χ0n) is 16.6. The maximum Gasteiger partial charge on any atom is 0.433 e. The lowest BCUT2D eigenvalue weighted by Crippen LogP contribution is -2.31. The van der Waals surface area contributed by atoms with E-state index in [0.29, 0.717) is 24.5 Å². The molecule has 1 N–H and O–H groups in total. The summed E-state index contributed by atoms with van der Waals surface area (Å²) in [4.78, 5) is 18.5. The van der Waals surface area contributed by atoms with Crippen LogP contribution in [0.3, 0.4) is 0 Å². The Bertz CT molecular complexity index is 739. The number of nitrogens with one attached hydrogen (secondary N) is 1. The molecule has 1 aromatic heterocycles. The van der Waals surface area contributed by atoms with Crippen LogP contribution >= 0.6 is 0 Å². The second-order valence-electron chi connectivity index (χ2n) is 7.92. The van der Waals surface area contributed by atoms with Crippen LogP contribution in [0.1, 0.15) is 68.6 Å². The highest BCUT2D eigenvalue weighted by Gasteiger charge is 2.37. The number of allylic oxidation sites excluding steroid dienone is 2. The van der Waals surface area contributed by atoms with Gasteiger partial charge >= 0.3 is 6.18 Å². The Hall–Kier alpha value is -2.05. The first kappa shape index (κ1) is 21.3. The summed E-state index contributed by atoms with van der Waals surface area (Å²) < 4.78 is 40.0. The van der Waals surface area contributed by atoms with Crippen molar-refractivity contribution >= 4 is 11.6 Å². The number of halogens is 3. The van der Waals surface area contributed by atoms with Crippen molar-refractivity contribution in [2.24, 2.45) is 5.41 Å². The molecule has 1 fully saturated rings. The minimum absolute atomic E-state index is 0.0539. The number of alkyl halides is 3. The number of carbonyl (C=O) groups is 1. The topological polar surface area (TPSA) is 45.2 Å². The van der Waals surface area contributed by atoms with E-state index in [9.17, 15) is 18.0 Å². The number of hydrogen-bond acceptors (Lipinski definition) is 3. The standard InChI is InChI=1S/C20H28F3N3O/c1-6-13(2)25-18(27)16-14(3)17(20(21,22)23)24-12-15(16)26-10-7-8-19(4,5)9-11-26/h6,12H,7-11H2,1-5H3,(H,25,27)/b13-6+. The van der Waals surface area contributed by atoms with Gasteiger partial charge in [0.15, 0.2) is 0 Å². The summed E-state index contributed by atoms with van der Waals surface area (Å²) in [7, 11) is 0. The average molecular weight is 383 g/mol. The lowest BCUT2D eigenvalue weighted by atomic mass is 9.85. The number of carbonyl (C=O) groups excluding carboxylic acids is 1. The lowest BCUT2D eigenvalue weighted by molar-refractivity contribution is -0.141. The predicted molar refractivity (Wildman–Crippen MR) is 101 cm³/mol. The Labute approximate surface area is 158 Å². The van der Waals surface area contributed by atoms with Crippen LogP contribution in [0.2, 0.25) is 0 Å². The van der Waals surface area contributed by atoms with Crippen molar-refractivity contribution in [1.82, 2.24) is 10.3 Å². The van der Waals surface area contributed by atoms with Crippen LogP contribution in [0.25, 0.3) is 0 Å². The minimum atomic E-state index is -4.60. The summed E-state index contributed by atoms with van der Waals surface area (Å²) in [6.07, 6.45) is 1.16.